The third-order valence-electron chi connectivity index (χ3n) is 20.9. The molecule has 0 radical (unpaired) electrons. The highest BCUT2D eigenvalue weighted by Crippen LogP contribution is 2.69. The van der Waals surface area contributed by atoms with Crippen LogP contribution in [0.15, 0.2) is 23.0 Å². The maximum atomic E-state index is 12.1. The predicted octanol–water partition coefficient (Wildman–Crippen LogP) is -3.21. The van der Waals surface area contributed by atoms with Crippen LogP contribution in [0.2, 0.25) is 0 Å². The monoisotopic (exact) mass is 1190 g/mol. The number of aliphatic hydroxyl groups is 15. The normalized spacial score (nSPS) is 53.1. The van der Waals surface area contributed by atoms with Crippen molar-refractivity contribution in [2.45, 2.75) is 265 Å². The molecule has 15 N–H and O–H groups in total. The van der Waals surface area contributed by atoms with Crippen molar-refractivity contribution in [3.63, 3.8) is 0 Å². The van der Waals surface area contributed by atoms with Crippen LogP contribution in [0.5, 0.6) is 0 Å². The Hall–Kier alpha value is -1.72. The molecule has 3 saturated carbocycles. The number of aliphatic hydroxyl groups excluding tert-OH is 15. The molecule has 26 nitrogen and oxygen atoms in total. The van der Waals surface area contributed by atoms with Crippen molar-refractivity contribution in [1.82, 2.24) is 0 Å². The second-order valence-electron chi connectivity index (χ2n) is 26.1. The zero-order valence-corrected chi connectivity index (χ0v) is 47.9. The summed E-state index contributed by atoms with van der Waals surface area (Å²) in [7, 11) is 0. The molecular weight excluding hydrogens is 1100 g/mol. The summed E-state index contributed by atoms with van der Waals surface area (Å²) in [6.07, 6.45) is -28.1. The quantitative estimate of drug-likeness (QED) is 0.0638. The van der Waals surface area contributed by atoms with Gasteiger partial charge in [-0.2, -0.15) is 0 Å². The van der Waals surface area contributed by atoms with E-state index >= 15 is 0 Å². The Morgan fingerprint density at radius 3 is 1.76 bits per heavy atom. The molecule has 0 bridgehead atoms. The van der Waals surface area contributed by atoms with Gasteiger partial charge in [-0.1, -0.05) is 32.4 Å². The van der Waals surface area contributed by atoms with E-state index < -0.39 is 179 Å². The molecule has 10 rings (SSSR count). The maximum Gasteiger partial charge on any atom is 0.187 e. The van der Waals surface area contributed by atoms with Crippen LogP contribution in [0.1, 0.15) is 99.3 Å². The third kappa shape index (κ3) is 12.0. The van der Waals surface area contributed by atoms with Crippen LogP contribution in [0.3, 0.4) is 0 Å². The standard InChI is InChI=1S/C57H92O26/c1-21(19-73-51-45(69)43(67)39(63)34(81-51)20-74-52-44(68)42(66)38(62)32(17-58)79-52)7-10-30-22(2)35-31(78-30)16-29-27-9-8-25-15-26(11-13-56(25,5)28(27)12-14-57(29,35)6)77-55-50(83-54-47(71)41(65)37(61)24(4)76-54)48(72)49(33(18-59)80-55)82-53-46(70)40(64)36(60)23(3)75-53/h8,21,23-24,26-29,31-55,58-72H,7,9-20H2,1-6H3/t21-,23+,24+,26+,27-,28+,29+,31+,32-,33-,34-,35+,36+,37+,38-,39-,40-,41-,42+,43+,44-,45-,46-,47-,48+,49-,50-,51-,52-,53+,54+,55-,56+,57+/m1/s1. The first kappa shape index (κ1) is 64.3. The molecule has 83 heavy (non-hydrogen) atoms. The summed E-state index contributed by atoms with van der Waals surface area (Å²) in [6.45, 7) is 10.3. The first-order chi connectivity index (χ1) is 39.3. The summed E-state index contributed by atoms with van der Waals surface area (Å²) >= 11 is 0. The first-order valence-electron chi connectivity index (χ1n) is 29.9. The van der Waals surface area contributed by atoms with Gasteiger partial charge in [0.2, 0.25) is 0 Å². The van der Waals surface area contributed by atoms with Crippen molar-refractivity contribution in [3.05, 3.63) is 23.0 Å². The summed E-state index contributed by atoms with van der Waals surface area (Å²) in [5.41, 5.74) is 2.42. The molecule has 4 aliphatic carbocycles. The van der Waals surface area contributed by atoms with Crippen molar-refractivity contribution < 1.29 is 129 Å². The van der Waals surface area contributed by atoms with Gasteiger partial charge in [0.1, 0.15) is 116 Å². The van der Waals surface area contributed by atoms with Crippen LogP contribution in [0, 0.1) is 40.4 Å². The Morgan fingerprint density at radius 2 is 1.13 bits per heavy atom. The number of hydrogen-bond donors (Lipinski definition) is 15. The fraction of sp³-hybridized carbons (Fsp3) is 0.930. The Morgan fingerprint density at radius 1 is 0.578 bits per heavy atom. The molecule has 0 amide bonds. The number of allylic oxidation sites excluding steroid dienone is 2. The molecule has 0 aromatic rings. The minimum Gasteiger partial charge on any atom is -0.494 e. The van der Waals surface area contributed by atoms with E-state index in [0.717, 1.165) is 37.9 Å². The lowest BCUT2D eigenvalue weighted by molar-refractivity contribution is -0.388. The Labute approximate surface area is 482 Å². The number of fused-ring (bicyclic) bond motifs is 7. The van der Waals surface area contributed by atoms with Crippen LogP contribution in [-0.2, 0) is 52.1 Å². The topological polar surface area (TPSA) is 405 Å². The minimum atomic E-state index is -1.76. The fourth-order valence-electron chi connectivity index (χ4n) is 15.8. The lowest BCUT2D eigenvalue weighted by Crippen LogP contribution is -2.66. The van der Waals surface area contributed by atoms with Gasteiger partial charge >= 0.3 is 0 Å². The molecule has 10 aliphatic rings. The van der Waals surface area contributed by atoms with E-state index in [9.17, 15) is 76.6 Å². The first-order valence-corrected chi connectivity index (χ1v) is 29.9. The van der Waals surface area contributed by atoms with Gasteiger partial charge in [0.15, 0.2) is 31.5 Å². The molecule has 6 aliphatic heterocycles. The van der Waals surface area contributed by atoms with E-state index in [0.29, 0.717) is 43.4 Å². The highest BCUT2D eigenvalue weighted by Gasteiger charge is 2.64. The van der Waals surface area contributed by atoms with Gasteiger partial charge in [-0.25, -0.2) is 0 Å². The van der Waals surface area contributed by atoms with Gasteiger partial charge in [0, 0.05) is 12.3 Å². The fourth-order valence-corrected chi connectivity index (χ4v) is 15.8. The molecule has 6 heterocycles. The van der Waals surface area contributed by atoms with Crippen molar-refractivity contribution >= 4 is 0 Å². The molecule has 0 unspecified atom stereocenters. The van der Waals surface area contributed by atoms with E-state index in [1.807, 2.05) is 6.92 Å². The lowest BCUT2D eigenvalue weighted by atomic mass is 9.47. The van der Waals surface area contributed by atoms with Crippen molar-refractivity contribution in [2.75, 3.05) is 26.4 Å². The largest absolute Gasteiger partial charge is 0.494 e. The third-order valence-corrected chi connectivity index (χ3v) is 20.9. The van der Waals surface area contributed by atoms with Crippen LogP contribution < -0.4 is 0 Å². The molecule has 26 heteroatoms. The molecule has 0 aromatic carbocycles. The Balaban J connectivity index is 0.751. The van der Waals surface area contributed by atoms with Crippen LogP contribution in [0.4, 0.5) is 0 Å². The highest BCUT2D eigenvalue weighted by atomic mass is 16.8. The van der Waals surface area contributed by atoms with Crippen LogP contribution >= 0.6 is 0 Å². The summed E-state index contributed by atoms with van der Waals surface area (Å²) in [5.74, 6) is 2.45. The Kier molecular flexibility index (Phi) is 19.9. The van der Waals surface area contributed by atoms with Gasteiger partial charge in [0.25, 0.3) is 0 Å². The second-order valence-corrected chi connectivity index (χ2v) is 26.1. The smallest absolute Gasteiger partial charge is 0.187 e. The minimum absolute atomic E-state index is 0.0123. The Bertz CT molecular complexity index is 2240. The van der Waals surface area contributed by atoms with E-state index in [4.69, 9.17) is 52.1 Å². The number of hydrogen-bond acceptors (Lipinski definition) is 26. The molecule has 34 atom stereocenters. The van der Waals surface area contributed by atoms with Gasteiger partial charge in [-0.15, -0.1) is 0 Å². The van der Waals surface area contributed by atoms with Crippen LogP contribution in [-0.4, -0.2) is 269 Å². The maximum absolute atomic E-state index is 12.1. The van der Waals surface area contributed by atoms with E-state index in [2.05, 4.69) is 26.8 Å². The van der Waals surface area contributed by atoms with Crippen molar-refractivity contribution in [3.8, 4) is 0 Å². The second kappa shape index (κ2) is 25.6. The molecule has 476 valence electrons. The summed E-state index contributed by atoms with van der Waals surface area (Å²) in [4.78, 5) is 0. The van der Waals surface area contributed by atoms with Crippen molar-refractivity contribution in [1.29, 1.82) is 0 Å². The number of rotatable bonds is 17. The molecule has 5 saturated heterocycles. The lowest BCUT2D eigenvalue weighted by Gasteiger charge is -2.58. The summed E-state index contributed by atoms with van der Waals surface area (Å²) in [5, 5.41) is 159. The van der Waals surface area contributed by atoms with E-state index in [1.54, 1.807) is 0 Å². The average molecular weight is 1190 g/mol. The summed E-state index contributed by atoms with van der Waals surface area (Å²) < 4.78 is 66.3. The van der Waals surface area contributed by atoms with E-state index in [-0.39, 0.29) is 35.4 Å². The molecule has 8 fully saturated rings. The van der Waals surface area contributed by atoms with Gasteiger partial charge in [-0.05, 0) is 112 Å². The van der Waals surface area contributed by atoms with E-state index in [1.165, 1.54) is 25.0 Å². The van der Waals surface area contributed by atoms with Gasteiger partial charge in [-0.3, -0.25) is 0 Å². The van der Waals surface area contributed by atoms with Crippen LogP contribution in [0.25, 0.3) is 0 Å². The predicted molar refractivity (Wildman–Crippen MR) is 280 cm³/mol. The summed E-state index contributed by atoms with van der Waals surface area (Å²) in [6, 6.07) is 0. The average Bonchev–Trinajstić information content (AvgIpc) is 2.26. The highest BCUT2D eigenvalue weighted by molar-refractivity contribution is 5.30. The van der Waals surface area contributed by atoms with Gasteiger partial charge in [0.05, 0.1) is 50.5 Å². The van der Waals surface area contributed by atoms with Crippen molar-refractivity contribution in [2.24, 2.45) is 40.4 Å². The van der Waals surface area contributed by atoms with Gasteiger partial charge < -0.3 is 129 Å². The zero-order valence-electron chi connectivity index (χ0n) is 47.9. The zero-order chi connectivity index (χ0) is 59.9. The SMILES string of the molecule is CC1=C(CC[C@@H](C)CO[C@@H]2O[C@H](CO[C@@H]3O[C@H](CO)[C@@H](O)[C@H](O)[C@H]3O)[C@@H](O)[C@H](O)[C@H]2O)O[C@H]2C[C@H]3[C@@H]4CC=C5C[C@@H](O[C@@H]6O[C@H](CO)[C@@H](O[C@@H]7O[C@@H](C)[C@H](O)[C@@H](O)[C@H]7O)[C@H](O)[C@H]6O[C@@H]6O[C@@H](C)[C@H](O)[C@@H](O)[C@H]6O)CC[C@]5(C)[C@H]4CC[C@]3(C)[C@@H]12. The molecular formula is C57H92O26. The molecule has 0 aromatic heterocycles. The number of ether oxygens (including phenoxy) is 11. The molecule has 0 spiro atoms.